The van der Waals surface area contributed by atoms with Crippen molar-refractivity contribution in [2.24, 2.45) is 0 Å². The van der Waals surface area contributed by atoms with Gasteiger partial charge in [-0.15, -0.1) is 11.8 Å². The number of amides is 3. The quantitative estimate of drug-likeness (QED) is 0.124. The average molecular weight is 659 g/mol. The van der Waals surface area contributed by atoms with E-state index < -0.39 is 34.7 Å². The van der Waals surface area contributed by atoms with E-state index in [9.17, 15) is 27.6 Å². The number of carbonyl (C=O) groups is 3. The van der Waals surface area contributed by atoms with E-state index in [4.69, 9.17) is 23.2 Å². The second kappa shape index (κ2) is 14.5. The molecular formula is C32H24Cl2F3N3O3S. The summed E-state index contributed by atoms with van der Waals surface area (Å²) in [5, 5.41) is 7.70. The van der Waals surface area contributed by atoms with Crippen molar-refractivity contribution >= 4 is 70.1 Å². The van der Waals surface area contributed by atoms with Crippen LogP contribution in [0, 0.1) is 0 Å². The molecule has 0 aliphatic carbocycles. The lowest BCUT2D eigenvalue weighted by Gasteiger charge is -2.14. The Morgan fingerprint density at radius 1 is 0.818 bits per heavy atom. The van der Waals surface area contributed by atoms with Crippen LogP contribution in [0.1, 0.15) is 28.4 Å². The first-order chi connectivity index (χ1) is 20.9. The van der Waals surface area contributed by atoms with E-state index in [0.29, 0.717) is 21.7 Å². The standard InChI is InChI=1S/C32H24Cl2F3N3O3S/c1-19(29(41)39-24-11-6-10-22(18-24)32(35,36)37)44-25-15-13-23(14-16-25)38-31(43)27(17-21-9-5-12-26(33)28(21)34)40-30(42)20-7-3-2-4-8-20/h2-19H,1H3,(H,38,43)(H,39,41)(H,40,42)/b27-17-. The molecule has 1 atom stereocenters. The average Bonchev–Trinajstić information content (AvgIpc) is 3.00. The van der Waals surface area contributed by atoms with Crippen LogP contribution < -0.4 is 16.0 Å². The van der Waals surface area contributed by atoms with Gasteiger partial charge in [0.15, 0.2) is 0 Å². The van der Waals surface area contributed by atoms with Crippen molar-refractivity contribution in [1.82, 2.24) is 5.32 Å². The molecule has 6 nitrogen and oxygen atoms in total. The third-order valence-electron chi connectivity index (χ3n) is 6.06. The zero-order chi connectivity index (χ0) is 31.9. The Morgan fingerprint density at radius 3 is 2.18 bits per heavy atom. The van der Waals surface area contributed by atoms with Crippen molar-refractivity contribution < 1.29 is 27.6 Å². The Balaban J connectivity index is 1.44. The number of hydrogen-bond donors (Lipinski definition) is 3. The molecule has 0 bridgehead atoms. The van der Waals surface area contributed by atoms with Crippen molar-refractivity contribution in [3.63, 3.8) is 0 Å². The van der Waals surface area contributed by atoms with Crippen LogP contribution in [0.2, 0.25) is 10.0 Å². The van der Waals surface area contributed by atoms with Crippen LogP contribution >= 0.6 is 35.0 Å². The van der Waals surface area contributed by atoms with E-state index in [1.54, 1.807) is 79.7 Å². The first kappa shape index (κ1) is 32.7. The lowest BCUT2D eigenvalue weighted by Crippen LogP contribution is -2.30. The molecule has 0 radical (unpaired) electrons. The molecule has 0 aromatic heterocycles. The molecule has 4 aromatic rings. The zero-order valence-corrected chi connectivity index (χ0v) is 25.2. The van der Waals surface area contributed by atoms with Gasteiger partial charge in [-0.25, -0.2) is 0 Å². The summed E-state index contributed by atoms with van der Waals surface area (Å²) in [6.45, 7) is 1.62. The topological polar surface area (TPSA) is 87.3 Å². The van der Waals surface area contributed by atoms with Crippen LogP contribution in [0.15, 0.2) is 108 Å². The maximum absolute atomic E-state index is 13.3. The fraction of sp³-hybridized carbons (Fsp3) is 0.0938. The Hall–Kier alpha value is -4.25. The molecule has 3 amide bonds. The molecule has 0 spiro atoms. The highest BCUT2D eigenvalue weighted by molar-refractivity contribution is 8.00. The van der Waals surface area contributed by atoms with E-state index in [1.165, 1.54) is 30.0 Å². The van der Waals surface area contributed by atoms with E-state index in [0.717, 1.165) is 12.1 Å². The lowest BCUT2D eigenvalue weighted by molar-refractivity contribution is -0.137. The number of halogens is 5. The van der Waals surface area contributed by atoms with Crippen molar-refractivity contribution in [3.05, 3.63) is 129 Å². The fourth-order valence-corrected chi connectivity index (χ4v) is 5.05. The van der Waals surface area contributed by atoms with Gasteiger partial charge >= 0.3 is 6.18 Å². The minimum Gasteiger partial charge on any atom is -0.325 e. The predicted octanol–water partition coefficient (Wildman–Crippen LogP) is 8.54. The van der Waals surface area contributed by atoms with Crippen molar-refractivity contribution in [2.45, 2.75) is 23.2 Å². The number of rotatable bonds is 9. The Morgan fingerprint density at radius 2 is 1.50 bits per heavy atom. The number of thioether (sulfide) groups is 1. The van der Waals surface area contributed by atoms with Gasteiger partial charge in [0.2, 0.25) is 5.91 Å². The molecule has 0 aliphatic heterocycles. The predicted molar refractivity (Wildman–Crippen MR) is 169 cm³/mol. The van der Waals surface area contributed by atoms with Crippen LogP contribution in [-0.2, 0) is 15.8 Å². The number of alkyl halides is 3. The summed E-state index contributed by atoms with van der Waals surface area (Å²) in [7, 11) is 0. The first-order valence-corrected chi connectivity index (χ1v) is 14.6. The molecule has 12 heteroatoms. The highest BCUT2D eigenvalue weighted by atomic mass is 35.5. The minimum atomic E-state index is -4.52. The van der Waals surface area contributed by atoms with Crippen molar-refractivity contribution in [1.29, 1.82) is 0 Å². The monoisotopic (exact) mass is 657 g/mol. The molecule has 4 aromatic carbocycles. The summed E-state index contributed by atoms with van der Waals surface area (Å²) in [5.41, 5.74) is 0.260. The normalized spacial score (nSPS) is 12.3. The third kappa shape index (κ3) is 8.89. The number of nitrogens with one attached hydrogen (secondary N) is 3. The van der Waals surface area contributed by atoms with E-state index in [1.807, 2.05) is 0 Å². The summed E-state index contributed by atoms with van der Waals surface area (Å²) in [6.07, 6.45) is -3.11. The van der Waals surface area contributed by atoms with Gasteiger partial charge in [0.05, 0.1) is 20.9 Å². The molecule has 44 heavy (non-hydrogen) atoms. The second-order valence-corrected chi connectivity index (χ2v) is 11.5. The van der Waals surface area contributed by atoms with Crippen LogP contribution in [0.25, 0.3) is 6.08 Å². The number of hydrogen-bond acceptors (Lipinski definition) is 4. The molecular weight excluding hydrogens is 634 g/mol. The van der Waals surface area contributed by atoms with Gasteiger partial charge in [0.25, 0.3) is 11.8 Å². The van der Waals surface area contributed by atoms with Crippen LogP contribution in [0.3, 0.4) is 0 Å². The van der Waals surface area contributed by atoms with Crippen molar-refractivity contribution in [3.8, 4) is 0 Å². The highest BCUT2D eigenvalue weighted by Crippen LogP contribution is 2.32. The molecule has 0 saturated heterocycles. The molecule has 1 unspecified atom stereocenters. The molecule has 226 valence electrons. The minimum absolute atomic E-state index is 0.0395. The van der Waals surface area contributed by atoms with Gasteiger partial charge in [-0.1, -0.05) is 59.6 Å². The van der Waals surface area contributed by atoms with E-state index >= 15 is 0 Å². The molecule has 0 heterocycles. The molecule has 0 fully saturated rings. The zero-order valence-electron chi connectivity index (χ0n) is 22.9. The smallest absolute Gasteiger partial charge is 0.325 e. The molecule has 4 rings (SSSR count). The SMILES string of the molecule is CC(Sc1ccc(NC(=O)/C(=C/c2cccc(Cl)c2Cl)NC(=O)c2ccccc2)cc1)C(=O)Nc1cccc(C(F)(F)F)c1. The fourth-order valence-electron chi connectivity index (χ4n) is 3.82. The van der Waals surface area contributed by atoms with Gasteiger partial charge < -0.3 is 16.0 Å². The molecule has 3 N–H and O–H groups in total. The summed E-state index contributed by atoms with van der Waals surface area (Å²) in [6, 6.07) is 24.2. The van der Waals surface area contributed by atoms with Crippen LogP contribution in [0.5, 0.6) is 0 Å². The largest absolute Gasteiger partial charge is 0.416 e. The highest BCUT2D eigenvalue weighted by Gasteiger charge is 2.30. The Bertz CT molecular complexity index is 1700. The van der Waals surface area contributed by atoms with Crippen LogP contribution in [-0.4, -0.2) is 23.0 Å². The summed E-state index contributed by atoms with van der Waals surface area (Å²) in [5.74, 6) is -1.61. The van der Waals surface area contributed by atoms with Gasteiger partial charge in [0, 0.05) is 21.8 Å². The maximum atomic E-state index is 13.3. The Kier molecular flexibility index (Phi) is 10.7. The van der Waals surface area contributed by atoms with Gasteiger partial charge in [-0.2, -0.15) is 13.2 Å². The maximum Gasteiger partial charge on any atom is 0.416 e. The van der Waals surface area contributed by atoms with E-state index in [-0.39, 0.29) is 21.4 Å². The molecule has 0 saturated carbocycles. The summed E-state index contributed by atoms with van der Waals surface area (Å²) in [4.78, 5) is 39.4. The van der Waals surface area contributed by atoms with Gasteiger partial charge in [-0.3, -0.25) is 14.4 Å². The Labute approximate surface area is 265 Å². The lowest BCUT2D eigenvalue weighted by atomic mass is 10.1. The number of carbonyl (C=O) groups excluding carboxylic acids is 3. The number of anilines is 2. The number of benzene rings is 4. The third-order valence-corrected chi connectivity index (χ3v) is 8.01. The van der Waals surface area contributed by atoms with Crippen molar-refractivity contribution in [2.75, 3.05) is 10.6 Å². The van der Waals surface area contributed by atoms with Gasteiger partial charge in [0.1, 0.15) is 5.70 Å². The summed E-state index contributed by atoms with van der Waals surface area (Å²) >= 11 is 13.6. The van der Waals surface area contributed by atoms with Gasteiger partial charge in [-0.05, 0) is 79.2 Å². The van der Waals surface area contributed by atoms with Crippen LogP contribution in [0.4, 0.5) is 24.5 Å². The summed E-state index contributed by atoms with van der Waals surface area (Å²) < 4.78 is 39.0. The second-order valence-electron chi connectivity index (χ2n) is 9.33. The first-order valence-electron chi connectivity index (χ1n) is 13.0. The molecule has 0 aliphatic rings. The van der Waals surface area contributed by atoms with E-state index in [2.05, 4.69) is 16.0 Å².